The van der Waals surface area contributed by atoms with Crippen molar-refractivity contribution >= 4 is 11.3 Å². The van der Waals surface area contributed by atoms with Crippen molar-refractivity contribution in [2.75, 3.05) is 6.61 Å². The van der Waals surface area contributed by atoms with E-state index in [0.29, 0.717) is 13.2 Å². The summed E-state index contributed by atoms with van der Waals surface area (Å²) < 4.78 is 10.8. The molecule has 0 atom stereocenters. The summed E-state index contributed by atoms with van der Waals surface area (Å²) in [6, 6.07) is 6.11. The molecule has 0 unspecified atom stereocenters. The van der Waals surface area contributed by atoms with Crippen LogP contribution in [-0.4, -0.2) is 6.61 Å². The summed E-state index contributed by atoms with van der Waals surface area (Å²) in [5, 5.41) is 2.08. The van der Waals surface area contributed by atoms with Crippen LogP contribution in [0.5, 0.6) is 0 Å². The van der Waals surface area contributed by atoms with E-state index in [0.717, 1.165) is 24.4 Å². The molecule has 16 heavy (non-hydrogen) atoms. The Labute approximate surface area is 98.8 Å². The molecule has 0 radical (unpaired) electrons. The van der Waals surface area contributed by atoms with E-state index in [1.807, 2.05) is 6.07 Å². The molecule has 0 bridgehead atoms. The first-order chi connectivity index (χ1) is 7.88. The normalized spacial score (nSPS) is 10.8. The molecule has 4 heteroatoms. The molecule has 2 aromatic heterocycles. The fraction of sp³-hybridized carbons (Fsp3) is 0.333. The van der Waals surface area contributed by atoms with Gasteiger partial charge in [0.25, 0.3) is 0 Å². The number of hydrogen-bond donors (Lipinski definition) is 1. The van der Waals surface area contributed by atoms with Crippen molar-refractivity contribution < 1.29 is 9.15 Å². The van der Waals surface area contributed by atoms with Gasteiger partial charge in [0.15, 0.2) is 0 Å². The standard InChI is InChI=1S/C12H15NO2S/c13-7-10-6-11(15-8-10)9-14-4-3-12-2-1-5-16-12/h1-2,5-6,8H,3-4,7,9,13H2. The van der Waals surface area contributed by atoms with Crippen LogP contribution in [0.15, 0.2) is 34.3 Å². The summed E-state index contributed by atoms with van der Waals surface area (Å²) in [7, 11) is 0. The highest BCUT2D eigenvalue weighted by Crippen LogP contribution is 2.11. The summed E-state index contributed by atoms with van der Waals surface area (Å²) in [5.41, 5.74) is 6.49. The van der Waals surface area contributed by atoms with Crippen molar-refractivity contribution in [1.29, 1.82) is 0 Å². The number of nitrogens with two attached hydrogens (primary N) is 1. The van der Waals surface area contributed by atoms with Crippen LogP contribution in [0.3, 0.4) is 0 Å². The van der Waals surface area contributed by atoms with E-state index in [-0.39, 0.29) is 0 Å². The maximum Gasteiger partial charge on any atom is 0.129 e. The Bertz CT molecular complexity index is 408. The molecule has 0 saturated carbocycles. The van der Waals surface area contributed by atoms with E-state index in [9.17, 15) is 0 Å². The second kappa shape index (κ2) is 5.84. The van der Waals surface area contributed by atoms with Crippen molar-refractivity contribution in [2.24, 2.45) is 5.73 Å². The number of rotatable bonds is 6. The van der Waals surface area contributed by atoms with Gasteiger partial charge in [0.1, 0.15) is 12.4 Å². The van der Waals surface area contributed by atoms with Gasteiger partial charge in [-0.3, -0.25) is 0 Å². The largest absolute Gasteiger partial charge is 0.467 e. The summed E-state index contributed by atoms with van der Waals surface area (Å²) in [5.74, 6) is 0.839. The summed E-state index contributed by atoms with van der Waals surface area (Å²) in [6.07, 6.45) is 2.64. The Morgan fingerprint density at radius 2 is 2.38 bits per heavy atom. The van der Waals surface area contributed by atoms with E-state index >= 15 is 0 Å². The smallest absolute Gasteiger partial charge is 0.129 e. The van der Waals surface area contributed by atoms with Gasteiger partial charge in [0.2, 0.25) is 0 Å². The Balaban J connectivity index is 1.68. The molecule has 0 aliphatic heterocycles. The van der Waals surface area contributed by atoms with Gasteiger partial charge in [0.05, 0.1) is 12.9 Å². The first-order valence-electron chi connectivity index (χ1n) is 5.25. The lowest BCUT2D eigenvalue weighted by Crippen LogP contribution is -1.97. The van der Waals surface area contributed by atoms with E-state index < -0.39 is 0 Å². The lowest BCUT2D eigenvalue weighted by atomic mass is 10.3. The molecule has 86 valence electrons. The summed E-state index contributed by atoms with van der Waals surface area (Å²) in [4.78, 5) is 1.35. The molecule has 0 saturated heterocycles. The lowest BCUT2D eigenvalue weighted by molar-refractivity contribution is 0.109. The van der Waals surface area contributed by atoms with Gasteiger partial charge < -0.3 is 14.9 Å². The van der Waals surface area contributed by atoms with Crippen molar-refractivity contribution in [2.45, 2.75) is 19.6 Å². The zero-order chi connectivity index (χ0) is 11.2. The summed E-state index contributed by atoms with van der Waals surface area (Å²) in [6.45, 7) is 1.75. The first-order valence-corrected chi connectivity index (χ1v) is 6.13. The van der Waals surface area contributed by atoms with Crippen LogP contribution in [0, 0.1) is 0 Å². The molecule has 0 aromatic carbocycles. The zero-order valence-corrected chi connectivity index (χ0v) is 9.83. The zero-order valence-electron chi connectivity index (χ0n) is 9.02. The van der Waals surface area contributed by atoms with Crippen LogP contribution in [0.1, 0.15) is 16.2 Å². The van der Waals surface area contributed by atoms with Gasteiger partial charge in [-0.05, 0) is 17.5 Å². The second-order valence-electron chi connectivity index (χ2n) is 3.51. The average molecular weight is 237 g/mol. The molecule has 2 aromatic rings. The third-order valence-electron chi connectivity index (χ3n) is 2.26. The third kappa shape index (κ3) is 3.20. The van der Waals surface area contributed by atoms with Gasteiger partial charge in [-0.2, -0.15) is 0 Å². The van der Waals surface area contributed by atoms with Gasteiger partial charge >= 0.3 is 0 Å². The van der Waals surface area contributed by atoms with Crippen LogP contribution in [0.2, 0.25) is 0 Å². The highest BCUT2D eigenvalue weighted by molar-refractivity contribution is 7.09. The molecule has 0 spiro atoms. The van der Waals surface area contributed by atoms with Crippen molar-refractivity contribution in [3.63, 3.8) is 0 Å². The van der Waals surface area contributed by atoms with Crippen LogP contribution >= 0.6 is 11.3 Å². The predicted molar refractivity (Wildman–Crippen MR) is 64.3 cm³/mol. The quantitative estimate of drug-likeness (QED) is 0.785. The maximum atomic E-state index is 5.52. The van der Waals surface area contributed by atoms with Gasteiger partial charge in [0, 0.05) is 23.4 Å². The molecule has 0 amide bonds. The van der Waals surface area contributed by atoms with E-state index in [1.165, 1.54) is 4.88 Å². The van der Waals surface area contributed by atoms with E-state index in [2.05, 4.69) is 17.5 Å². The fourth-order valence-corrected chi connectivity index (χ4v) is 2.10. The molecule has 2 heterocycles. The Kier molecular flexibility index (Phi) is 4.16. The molecule has 0 aliphatic carbocycles. The lowest BCUT2D eigenvalue weighted by Gasteiger charge is -2.00. The van der Waals surface area contributed by atoms with Gasteiger partial charge in [-0.1, -0.05) is 6.07 Å². The fourth-order valence-electron chi connectivity index (χ4n) is 1.41. The number of furan rings is 1. The highest BCUT2D eigenvalue weighted by Gasteiger charge is 2.00. The third-order valence-corrected chi connectivity index (χ3v) is 3.20. The molecule has 2 rings (SSSR count). The second-order valence-corrected chi connectivity index (χ2v) is 4.54. The number of thiophene rings is 1. The average Bonchev–Trinajstić information content (AvgIpc) is 2.95. The Hall–Kier alpha value is -1.10. The number of hydrogen-bond acceptors (Lipinski definition) is 4. The van der Waals surface area contributed by atoms with Gasteiger partial charge in [-0.15, -0.1) is 11.3 Å². The summed E-state index contributed by atoms with van der Waals surface area (Å²) >= 11 is 1.76. The van der Waals surface area contributed by atoms with Crippen LogP contribution in [-0.2, 0) is 24.3 Å². The molecular formula is C12H15NO2S. The van der Waals surface area contributed by atoms with E-state index in [1.54, 1.807) is 17.6 Å². The van der Waals surface area contributed by atoms with Crippen LogP contribution in [0.4, 0.5) is 0 Å². The SMILES string of the molecule is NCc1coc(COCCc2cccs2)c1. The predicted octanol–water partition coefficient (Wildman–Crippen LogP) is 2.56. The molecule has 2 N–H and O–H groups in total. The molecule has 0 aliphatic rings. The topological polar surface area (TPSA) is 48.4 Å². The maximum absolute atomic E-state index is 5.52. The minimum absolute atomic E-state index is 0.513. The van der Waals surface area contributed by atoms with Crippen LogP contribution < -0.4 is 5.73 Å². The van der Waals surface area contributed by atoms with Crippen molar-refractivity contribution in [1.82, 2.24) is 0 Å². The monoisotopic (exact) mass is 237 g/mol. The molecule has 3 nitrogen and oxygen atoms in total. The Morgan fingerprint density at radius 3 is 3.06 bits per heavy atom. The van der Waals surface area contributed by atoms with Crippen LogP contribution in [0.25, 0.3) is 0 Å². The molecule has 0 fully saturated rings. The Morgan fingerprint density at radius 1 is 1.44 bits per heavy atom. The molecular weight excluding hydrogens is 222 g/mol. The van der Waals surface area contributed by atoms with Gasteiger partial charge in [-0.25, -0.2) is 0 Å². The minimum atomic E-state index is 0.513. The van der Waals surface area contributed by atoms with Crippen molar-refractivity contribution in [3.05, 3.63) is 46.0 Å². The van der Waals surface area contributed by atoms with Crippen molar-refractivity contribution in [3.8, 4) is 0 Å². The first kappa shape index (κ1) is 11.4. The van der Waals surface area contributed by atoms with E-state index in [4.69, 9.17) is 14.9 Å². The minimum Gasteiger partial charge on any atom is -0.467 e. The number of ether oxygens (including phenoxy) is 1. The highest BCUT2D eigenvalue weighted by atomic mass is 32.1.